The summed E-state index contributed by atoms with van der Waals surface area (Å²) < 4.78 is 0. The summed E-state index contributed by atoms with van der Waals surface area (Å²) in [6.45, 7) is 8.94. The van der Waals surface area contributed by atoms with Gasteiger partial charge < -0.3 is 0 Å². The summed E-state index contributed by atoms with van der Waals surface area (Å²) in [5.41, 5.74) is 2.62. The molecule has 0 radical (unpaired) electrons. The van der Waals surface area contributed by atoms with E-state index in [0.29, 0.717) is 11.7 Å². The van der Waals surface area contributed by atoms with Crippen LogP contribution in [-0.4, -0.2) is 5.78 Å². The number of Topliss-reactive ketones (excluding diaryl/α,β-unsaturated/α-hetero) is 1. The molecule has 92 valence electrons. The van der Waals surface area contributed by atoms with Crippen molar-refractivity contribution in [3.63, 3.8) is 0 Å². The molecule has 0 saturated heterocycles. The number of ketones is 1. The predicted molar refractivity (Wildman–Crippen MR) is 69.4 cm³/mol. The molecule has 1 aliphatic rings. The Labute approximate surface area is 100 Å². The second kappa shape index (κ2) is 6.22. The topological polar surface area (TPSA) is 17.1 Å². The summed E-state index contributed by atoms with van der Waals surface area (Å²) in [5, 5.41) is 0. The smallest absolute Gasteiger partial charge is 0.159 e. The molecular formula is C15H26O. The molecule has 1 unspecified atom stereocenters. The van der Waals surface area contributed by atoms with Crippen molar-refractivity contribution in [1.82, 2.24) is 0 Å². The van der Waals surface area contributed by atoms with Crippen LogP contribution in [0, 0.1) is 11.8 Å². The van der Waals surface area contributed by atoms with Gasteiger partial charge in [0.2, 0.25) is 0 Å². The van der Waals surface area contributed by atoms with Crippen LogP contribution in [0.3, 0.4) is 0 Å². The van der Waals surface area contributed by atoms with Crippen molar-refractivity contribution >= 4 is 5.78 Å². The zero-order valence-corrected chi connectivity index (χ0v) is 11.3. The molecule has 1 heteroatoms. The largest absolute Gasteiger partial charge is 0.295 e. The van der Waals surface area contributed by atoms with E-state index >= 15 is 0 Å². The summed E-state index contributed by atoms with van der Waals surface area (Å²) >= 11 is 0. The van der Waals surface area contributed by atoms with Crippen LogP contribution in [0.25, 0.3) is 0 Å². The first kappa shape index (κ1) is 13.5. The lowest BCUT2D eigenvalue weighted by molar-refractivity contribution is -0.115. The van der Waals surface area contributed by atoms with E-state index in [9.17, 15) is 4.79 Å². The molecule has 1 rings (SSSR count). The quantitative estimate of drug-likeness (QED) is 0.646. The fourth-order valence-electron chi connectivity index (χ4n) is 2.70. The van der Waals surface area contributed by atoms with Crippen molar-refractivity contribution < 1.29 is 4.79 Å². The summed E-state index contributed by atoms with van der Waals surface area (Å²) in [5.74, 6) is 1.70. The van der Waals surface area contributed by atoms with Gasteiger partial charge in [-0.3, -0.25) is 4.79 Å². The molecule has 0 spiro atoms. The third-order valence-corrected chi connectivity index (χ3v) is 3.67. The van der Waals surface area contributed by atoms with Crippen LogP contribution >= 0.6 is 0 Å². The average molecular weight is 222 g/mol. The SMILES string of the molecule is CCC1=C(C(C)CCCC(C)C)C(=O)CC1. The molecule has 1 aliphatic carbocycles. The van der Waals surface area contributed by atoms with E-state index < -0.39 is 0 Å². The Bertz CT molecular complexity index is 273. The number of allylic oxidation sites excluding steroid dienone is 2. The van der Waals surface area contributed by atoms with E-state index in [-0.39, 0.29) is 0 Å². The van der Waals surface area contributed by atoms with E-state index in [0.717, 1.165) is 25.2 Å². The van der Waals surface area contributed by atoms with Crippen LogP contribution < -0.4 is 0 Å². The molecule has 0 amide bonds. The number of rotatable bonds is 6. The van der Waals surface area contributed by atoms with Gasteiger partial charge in [0.1, 0.15) is 0 Å². The van der Waals surface area contributed by atoms with Gasteiger partial charge in [-0.2, -0.15) is 0 Å². The summed E-state index contributed by atoms with van der Waals surface area (Å²) in [7, 11) is 0. The van der Waals surface area contributed by atoms with Crippen molar-refractivity contribution in [3.05, 3.63) is 11.1 Å². The van der Waals surface area contributed by atoms with Crippen molar-refractivity contribution in [3.8, 4) is 0 Å². The minimum atomic E-state index is 0.425. The maximum atomic E-state index is 11.8. The lowest BCUT2D eigenvalue weighted by Gasteiger charge is -2.14. The highest BCUT2D eigenvalue weighted by molar-refractivity contribution is 5.99. The number of carbonyl (C=O) groups excluding carboxylic acids is 1. The van der Waals surface area contributed by atoms with Crippen LogP contribution in [0.5, 0.6) is 0 Å². The lowest BCUT2D eigenvalue weighted by atomic mass is 9.90. The molecule has 1 nitrogen and oxygen atoms in total. The number of hydrogen-bond donors (Lipinski definition) is 0. The summed E-state index contributed by atoms with van der Waals surface area (Å²) in [4.78, 5) is 11.8. The maximum absolute atomic E-state index is 11.8. The van der Waals surface area contributed by atoms with Crippen molar-refractivity contribution in [2.45, 2.75) is 66.2 Å². The zero-order chi connectivity index (χ0) is 12.1. The van der Waals surface area contributed by atoms with E-state index in [2.05, 4.69) is 27.7 Å². The van der Waals surface area contributed by atoms with Gasteiger partial charge in [-0.15, -0.1) is 0 Å². The molecule has 0 heterocycles. The van der Waals surface area contributed by atoms with Gasteiger partial charge in [-0.25, -0.2) is 0 Å². The van der Waals surface area contributed by atoms with Crippen molar-refractivity contribution in [2.75, 3.05) is 0 Å². The molecular weight excluding hydrogens is 196 g/mol. The molecule has 0 aromatic carbocycles. The Morgan fingerprint density at radius 3 is 2.38 bits per heavy atom. The Hall–Kier alpha value is -0.590. The molecule has 0 N–H and O–H groups in total. The maximum Gasteiger partial charge on any atom is 0.159 e. The molecule has 0 bridgehead atoms. The molecule has 0 fully saturated rings. The van der Waals surface area contributed by atoms with E-state index in [4.69, 9.17) is 0 Å². The Morgan fingerprint density at radius 2 is 1.81 bits per heavy atom. The van der Waals surface area contributed by atoms with Gasteiger partial charge in [0, 0.05) is 6.42 Å². The molecule has 1 atom stereocenters. The fourth-order valence-corrected chi connectivity index (χ4v) is 2.70. The average Bonchev–Trinajstić information content (AvgIpc) is 2.58. The number of hydrogen-bond acceptors (Lipinski definition) is 1. The van der Waals surface area contributed by atoms with Crippen molar-refractivity contribution in [2.24, 2.45) is 11.8 Å². The van der Waals surface area contributed by atoms with Gasteiger partial charge in [0.25, 0.3) is 0 Å². The first-order valence-electron chi connectivity index (χ1n) is 6.81. The first-order chi connectivity index (χ1) is 7.56. The summed E-state index contributed by atoms with van der Waals surface area (Å²) in [6.07, 6.45) is 6.59. The van der Waals surface area contributed by atoms with Gasteiger partial charge >= 0.3 is 0 Å². The highest BCUT2D eigenvalue weighted by Gasteiger charge is 2.25. The van der Waals surface area contributed by atoms with Crippen LogP contribution in [-0.2, 0) is 4.79 Å². The molecule has 16 heavy (non-hydrogen) atoms. The second-order valence-electron chi connectivity index (χ2n) is 5.52. The lowest BCUT2D eigenvalue weighted by Crippen LogP contribution is -2.08. The van der Waals surface area contributed by atoms with Crippen LogP contribution in [0.15, 0.2) is 11.1 Å². The summed E-state index contributed by atoms with van der Waals surface area (Å²) in [6, 6.07) is 0. The number of carbonyl (C=O) groups is 1. The third-order valence-electron chi connectivity index (χ3n) is 3.67. The van der Waals surface area contributed by atoms with E-state index in [1.54, 1.807) is 0 Å². The van der Waals surface area contributed by atoms with E-state index in [1.807, 2.05) is 0 Å². The zero-order valence-electron chi connectivity index (χ0n) is 11.3. The van der Waals surface area contributed by atoms with E-state index in [1.165, 1.54) is 30.4 Å². The first-order valence-corrected chi connectivity index (χ1v) is 6.81. The Kier molecular flexibility index (Phi) is 5.24. The van der Waals surface area contributed by atoms with Crippen LogP contribution in [0.1, 0.15) is 66.2 Å². The highest BCUT2D eigenvalue weighted by Crippen LogP contribution is 2.33. The monoisotopic (exact) mass is 222 g/mol. The molecule has 0 saturated carbocycles. The van der Waals surface area contributed by atoms with Gasteiger partial charge in [-0.1, -0.05) is 46.1 Å². The standard InChI is InChI=1S/C15H26O/c1-5-13-9-10-14(16)15(13)12(4)8-6-7-11(2)3/h11-12H,5-10H2,1-4H3. The third kappa shape index (κ3) is 3.47. The van der Waals surface area contributed by atoms with Crippen LogP contribution in [0.2, 0.25) is 0 Å². The minimum absolute atomic E-state index is 0.425. The predicted octanol–water partition coefficient (Wildman–Crippen LogP) is 4.52. The minimum Gasteiger partial charge on any atom is -0.295 e. The van der Waals surface area contributed by atoms with Gasteiger partial charge in [-0.05, 0) is 36.7 Å². The Balaban J connectivity index is 2.51. The molecule has 0 aromatic heterocycles. The van der Waals surface area contributed by atoms with Gasteiger partial charge in [0.05, 0.1) is 0 Å². The Morgan fingerprint density at radius 1 is 1.12 bits per heavy atom. The second-order valence-corrected chi connectivity index (χ2v) is 5.52. The highest BCUT2D eigenvalue weighted by atomic mass is 16.1. The normalized spacial score (nSPS) is 18.7. The molecule has 0 aromatic rings. The van der Waals surface area contributed by atoms with Crippen LogP contribution in [0.4, 0.5) is 0 Å². The molecule has 0 aliphatic heterocycles. The fraction of sp³-hybridized carbons (Fsp3) is 0.800. The van der Waals surface area contributed by atoms with Gasteiger partial charge in [0.15, 0.2) is 5.78 Å². The van der Waals surface area contributed by atoms with Crippen molar-refractivity contribution in [1.29, 1.82) is 0 Å².